The van der Waals surface area contributed by atoms with Crippen LogP contribution < -0.4 is 11.1 Å². The van der Waals surface area contributed by atoms with E-state index >= 15 is 0 Å². The molecule has 0 aromatic rings. The van der Waals surface area contributed by atoms with Gasteiger partial charge in [0.05, 0.1) is 0 Å². The minimum absolute atomic E-state index is 0. The van der Waals surface area contributed by atoms with Crippen LogP contribution in [-0.4, -0.2) is 42.5 Å². The maximum absolute atomic E-state index is 12.2. The molecule has 132 valence electrons. The molecule has 1 heterocycles. The van der Waals surface area contributed by atoms with Gasteiger partial charge in [-0.25, -0.2) is 0 Å². The Labute approximate surface area is 147 Å². The number of likely N-dealkylation sites (tertiary alicyclic amines) is 1. The van der Waals surface area contributed by atoms with Crippen LogP contribution in [0.1, 0.15) is 52.4 Å². The van der Waals surface area contributed by atoms with Crippen molar-refractivity contribution in [3.63, 3.8) is 0 Å². The second kappa shape index (κ2) is 10.7. The van der Waals surface area contributed by atoms with E-state index in [0.717, 1.165) is 38.1 Å². The Balaban J connectivity index is 0.00000220. The Hall–Kier alpha value is -0.0300. The molecule has 2 aliphatic rings. The Kier molecular flexibility index (Phi) is 10.7. The number of amides is 1. The molecule has 2 fully saturated rings. The highest BCUT2D eigenvalue weighted by Gasteiger charge is 2.26. The minimum Gasteiger partial charge on any atom is -0.354 e. The van der Waals surface area contributed by atoms with Crippen molar-refractivity contribution in [2.24, 2.45) is 17.6 Å². The van der Waals surface area contributed by atoms with Crippen LogP contribution in [0.2, 0.25) is 0 Å². The van der Waals surface area contributed by atoms with Crippen molar-refractivity contribution >= 4 is 30.7 Å². The van der Waals surface area contributed by atoms with Crippen LogP contribution in [0.25, 0.3) is 0 Å². The van der Waals surface area contributed by atoms with Gasteiger partial charge in [-0.15, -0.1) is 24.8 Å². The molecule has 4 atom stereocenters. The van der Waals surface area contributed by atoms with E-state index in [4.69, 9.17) is 5.73 Å². The molecule has 0 aromatic heterocycles. The number of nitrogens with one attached hydrogen (secondary N) is 1. The molecule has 0 radical (unpaired) electrons. The van der Waals surface area contributed by atoms with Crippen LogP contribution in [-0.2, 0) is 4.79 Å². The Bertz CT molecular complexity index is 331. The first-order valence-corrected chi connectivity index (χ1v) is 8.33. The van der Waals surface area contributed by atoms with Gasteiger partial charge in [0.25, 0.3) is 0 Å². The fourth-order valence-electron chi connectivity index (χ4n) is 3.61. The molecule has 4 nitrogen and oxygen atoms in total. The quantitative estimate of drug-likeness (QED) is 0.816. The number of rotatable bonds is 4. The molecule has 3 N–H and O–H groups in total. The van der Waals surface area contributed by atoms with Gasteiger partial charge in [-0.2, -0.15) is 0 Å². The van der Waals surface area contributed by atoms with Gasteiger partial charge in [0.2, 0.25) is 5.91 Å². The van der Waals surface area contributed by atoms with Crippen LogP contribution in [0, 0.1) is 11.8 Å². The second-order valence-corrected chi connectivity index (χ2v) is 6.96. The SMILES string of the molecule is CC1CCCN(C(C)CNC(=O)C2CCCC(N)C2)C1.Cl.Cl. The van der Waals surface area contributed by atoms with Crippen LogP contribution in [0.4, 0.5) is 0 Å². The lowest BCUT2D eigenvalue weighted by molar-refractivity contribution is -0.126. The summed E-state index contributed by atoms with van der Waals surface area (Å²) in [5, 5.41) is 3.15. The van der Waals surface area contributed by atoms with E-state index in [1.807, 2.05) is 0 Å². The second-order valence-electron chi connectivity index (χ2n) is 6.96. The van der Waals surface area contributed by atoms with Crippen molar-refractivity contribution in [1.29, 1.82) is 0 Å². The van der Waals surface area contributed by atoms with Crippen LogP contribution >= 0.6 is 24.8 Å². The number of piperidine rings is 1. The molecule has 1 amide bonds. The molecule has 1 saturated heterocycles. The van der Waals surface area contributed by atoms with Crippen LogP contribution in [0.15, 0.2) is 0 Å². The predicted octanol–water partition coefficient (Wildman–Crippen LogP) is 2.58. The summed E-state index contributed by atoms with van der Waals surface area (Å²) in [7, 11) is 0. The van der Waals surface area contributed by atoms with E-state index in [2.05, 4.69) is 24.1 Å². The molecule has 0 aromatic carbocycles. The zero-order valence-corrected chi connectivity index (χ0v) is 15.6. The number of halogens is 2. The maximum Gasteiger partial charge on any atom is 0.223 e. The van der Waals surface area contributed by atoms with Crippen molar-refractivity contribution in [3.8, 4) is 0 Å². The average molecular weight is 354 g/mol. The van der Waals surface area contributed by atoms with Gasteiger partial charge in [-0.1, -0.05) is 13.3 Å². The summed E-state index contributed by atoms with van der Waals surface area (Å²) >= 11 is 0. The molecule has 0 spiro atoms. The molecule has 1 saturated carbocycles. The Morgan fingerprint density at radius 3 is 2.64 bits per heavy atom. The summed E-state index contributed by atoms with van der Waals surface area (Å²) in [6, 6.07) is 0.666. The van der Waals surface area contributed by atoms with E-state index < -0.39 is 0 Å². The number of carbonyl (C=O) groups excluding carboxylic acids is 1. The molecule has 6 heteroatoms. The normalized spacial score (nSPS) is 30.6. The number of nitrogens with zero attached hydrogens (tertiary/aromatic N) is 1. The van der Waals surface area contributed by atoms with E-state index in [9.17, 15) is 4.79 Å². The highest BCUT2D eigenvalue weighted by Crippen LogP contribution is 2.23. The van der Waals surface area contributed by atoms with Gasteiger partial charge >= 0.3 is 0 Å². The van der Waals surface area contributed by atoms with Gasteiger partial charge in [0.1, 0.15) is 0 Å². The highest BCUT2D eigenvalue weighted by molar-refractivity contribution is 5.85. The van der Waals surface area contributed by atoms with E-state index in [0.29, 0.717) is 6.04 Å². The summed E-state index contributed by atoms with van der Waals surface area (Å²) in [5.74, 6) is 1.15. The third-order valence-corrected chi connectivity index (χ3v) is 4.97. The molecular formula is C16H33Cl2N3O. The summed E-state index contributed by atoms with van der Waals surface area (Å²) in [6.45, 7) is 7.67. The number of carbonyl (C=O) groups is 1. The monoisotopic (exact) mass is 353 g/mol. The van der Waals surface area contributed by atoms with Gasteiger partial charge in [0.15, 0.2) is 0 Å². The summed E-state index contributed by atoms with van der Waals surface area (Å²) in [4.78, 5) is 14.7. The van der Waals surface area contributed by atoms with E-state index in [-0.39, 0.29) is 42.7 Å². The van der Waals surface area contributed by atoms with Crippen molar-refractivity contribution in [2.45, 2.75) is 64.5 Å². The molecule has 1 aliphatic carbocycles. The smallest absolute Gasteiger partial charge is 0.223 e. The van der Waals surface area contributed by atoms with Gasteiger partial charge in [-0.3, -0.25) is 9.69 Å². The van der Waals surface area contributed by atoms with E-state index in [1.54, 1.807) is 0 Å². The van der Waals surface area contributed by atoms with Gasteiger partial charge < -0.3 is 11.1 Å². The third kappa shape index (κ3) is 6.61. The number of hydrogen-bond acceptors (Lipinski definition) is 3. The first-order valence-electron chi connectivity index (χ1n) is 8.33. The largest absolute Gasteiger partial charge is 0.354 e. The number of nitrogens with two attached hydrogens (primary N) is 1. The van der Waals surface area contributed by atoms with Crippen molar-refractivity contribution in [2.75, 3.05) is 19.6 Å². The Morgan fingerprint density at radius 1 is 1.27 bits per heavy atom. The first-order chi connectivity index (χ1) is 9.56. The lowest BCUT2D eigenvalue weighted by atomic mass is 9.85. The van der Waals surface area contributed by atoms with Crippen LogP contribution in [0.5, 0.6) is 0 Å². The summed E-state index contributed by atoms with van der Waals surface area (Å²) in [6.07, 6.45) is 6.67. The first kappa shape index (κ1) is 22.0. The minimum atomic E-state index is 0. The van der Waals surface area contributed by atoms with Crippen molar-refractivity contribution in [1.82, 2.24) is 10.2 Å². The molecular weight excluding hydrogens is 321 g/mol. The maximum atomic E-state index is 12.2. The standard InChI is InChI=1S/C16H31N3O.2ClH/c1-12-5-4-8-19(11-12)13(2)10-18-16(20)14-6-3-7-15(17)9-14;;/h12-15H,3-11,17H2,1-2H3,(H,18,20);2*1H. The lowest BCUT2D eigenvalue weighted by Crippen LogP contribution is -2.47. The zero-order valence-electron chi connectivity index (χ0n) is 13.9. The van der Waals surface area contributed by atoms with Crippen LogP contribution in [0.3, 0.4) is 0 Å². The fourth-order valence-corrected chi connectivity index (χ4v) is 3.61. The number of hydrogen-bond donors (Lipinski definition) is 2. The third-order valence-electron chi connectivity index (χ3n) is 4.97. The lowest BCUT2D eigenvalue weighted by Gasteiger charge is -2.36. The summed E-state index contributed by atoms with van der Waals surface area (Å²) in [5.41, 5.74) is 5.96. The highest BCUT2D eigenvalue weighted by atomic mass is 35.5. The molecule has 2 rings (SSSR count). The predicted molar refractivity (Wildman–Crippen MR) is 96.9 cm³/mol. The zero-order chi connectivity index (χ0) is 14.5. The summed E-state index contributed by atoms with van der Waals surface area (Å²) < 4.78 is 0. The molecule has 0 bridgehead atoms. The Morgan fingerprint density at radius 2 is 2.00 bits per heavy atom. The molecule has 1 aliphatic heterocycles. The molecule has 4 unspecified atom stereocenters. The van der Waals surface area contributed by atoms with Crippen molar-refractivity contribution < 1.29 is 4.79 Å². The van der Waals surface area contributed by atoms with Crippen molar-refractivity contribution in [3.05, 3.63) is 0 Å². The van der Waals surface area contributed by atoms with E-state index in [1.165, 1.54) is 25.9 Å². The topological polar surface area (TPSA) is 58.4 Å². The van der Waals surface area contributed by atoms with Gasteiger partial charge in [-0.05, 0) is 51.5 Å². The average Bonchev–Trinajstić information content (AvgIpc) is 2.44. The fraction of sp³-hybridized carbons (Fsp3) is 0.938. The molecule has 22 heavy (non-hydrogen) atoms. The van der Waals surface area contributed by atoms with Gasteiger partial charge in [0, 0.05) is 31.1 Å².